The lowest BCUT2D eigenvalue weighted by Gasteiger charge is -2.46. The summed E-state index contributed by atoms with van der Waals surface area (Å²) in [5.41, 5.74) is 1.27. The van der Waals surface area contributed by atoms with Gasteiger partial charge in [0.1, 0.15) is 5.76 Å². The van der Waals surface area contributed by atoms with Gasteiger partial charge in [-0.2, -0.15) is 0 Å². The van der Waals surface area contributed by atoms with Gasteiger partial charge in [-0.15, -0.1) is 0 Å². The van der Waals surface area contributed by atoms with E-state index in [0.717, 1.165) is 23.8 Å². The van der Waals surface area contributed by atoms with Gasteiger partial charge in [0.15, 0.2) is 0 Å². The van der Waals surface area contributed by atoms with Crippen LogP contribution in [0.5, 0.6) is 0 Å². The van der Waals surface area contributed by atoms with Crippen molar-refractivity contribution < 1.29 is 4.52 Å². The quantitative estimate of drug-likeness (QED) is 0.642. The Kier molecular flexibility index (Phi) is 5.08. The van der Waals surface area contributed by atoms with E-state index in [2.05, 4.69) is 30.1 Å². The molecule has 3 nitrogen and oxygen atoms in total. The maximum Gasteiger partial charge on any atom is 0.141 e. The van der Waals surface area contributed by atoms with E-state index in [9.17, 15) is 0 Å². The zero-order chi connectivity index (χ0) is 18.4. The molecule has 2 aliphatic heterocycles. The lowest BCUT2D eigenvalue weighted by atomic mass is 9.66. The fourth-order valence-electron chi connectivity index (χ4n) is 7.16. The number of hydrogen-bond donors (Lipinski definition) is 0. The number of rotatable bonds is 3. The van der Waals surface area contributed by atoms with E-state index in [1.165, 1.54) is 88.5 Å². The molecule has 0 amide bonds. The number of nitrogens with zero attached hydrogens (tertiary/aromatic N) is 2. The summed E-state index contributed by atoms with van der Waals surface area (Å²) < 4.78 is 6.12. The predicted octanol–water partition coefficient (Wildman–Crippen LogP) is 6.11. The van der Waals surface area contributed by atoms with Gasteiger partial charge in [-0.25, -0.2) is 0 Å². The first kappa shape index (κ1) is 18.2. The van der Waals surface area contributed by atoms with Crippen molar-refractivity contribution in [2.24, 2.45) is 17.8 Å². The van der Waals surface area contributed by atoms with Gasteiger partial charge in [0.25, 0.3) is 0 Å². The average molecular weight is 371 g/mol. The van der Waals surface area contributed by atoms with Crippen LogP contribution in [0.3, 0.4) is 0 Å². The van der Waals surface area contributed by atoms with Crippen LogP contribution >= 0.6 is 0 Å². The highest BCUT2D eigenvalue weighted by Gasteiger charge is 2.50. The number of likely N-dealkylation sites (N-methyl/N-ethyl adjacent to an activating group) is 1. The van der Waals surface area contributed by atoms with E-state index in [0.29, 0.717) is 17.9 Å². The van der Waals surface area contributed by atoms with Gasteiger partial charge >= 0.3 is 0 Å². The molecule has 3 unspecified atom stereocenters. The Balaban J connectivity index is 1.41. The van der Waals surface area contributed by atoms with Crippen LogP contribution < -0.4 is 0 Å². The van der Waals surface area contributed by atoms with Gasteiger partial charge in [0.2, 0.25) is 0 Å². The Hall–Kier alpha value is -0.830. The van der Waals surface area contributed by atoms with E-state index in [1.54, 1.807) is 0 Å². The third-order valence-electron chi connectivity index (χ3n) is 8.88. The fraction of sp³-hybridized carbons (Fsp3) is 0.875. The number of aromatic nitrogens is 1. The molecule has 0 aromatic carbocycles. The molecule has 1 aromatic rings. The topological polar surface area (TPSA) is 29.3 Å². The monoisotopic (exact) mass is 370 g/mol. The summed E-state index contributed by atoms with van der Waals surface area (Å²) in [6.45, 7) is 2.44. The van der Waals surface area contributed by atoms with Crippen molar-refractivity contribution in [3.63, 3.8) is 0 Å². The largest absolute Gasteiger partial charge is 0.361 e. The minimum absolute atomic E-state index is 0.581. The summed E-state index contributed by atoms with van der Waals surface area (Å²) in [5, 5.41) is 4.62. The maximum absolute atomic E-state index is 6.12. The lowest BCUT2D eigenvalue weighted by molar-refractivity contribution is 0.0470. The van der Waals surface area contributed by atoms with Crippen molar-refractivity contribution in [2.45, 2.75) is 108 Å². The molecule has 0 spiro atoms. The fourth-order valence-corrected chi connectivity index (χ4v) is 7.16. The van der Waals surface area contributed by atoms with Crippen molar-refractivity contribution in [3.8, 4) is 0 Å². The van der Waals surface area contributed by atoms with Gasteiger partial charge in [0, 0.05) is 30.0 Å². The molecule has 2 aliphatic carbocycles. The SMILES string of the molecule is CC1CCC([C@H]2CC3CCC(C2c2cc(C4CCCCC4)no2)N3C)CC1. The van der Waals surface area contributed by atoms with Gasteiger partial charge < -0.3 is 4.52 Å². The average Bonchev–Trinajstić information content (AvgIpc) is 3.26. The molecule has 27 heavy (non-hydrogen) atoms. The second-order valence-corrected chi connectivity index (χ2v) is 10.4. The Bertz CT molecular complexity index is 626. The van der Waals surface area contributed by atoms with Crippen LogP contribution in [-0.4, -0.2) is 29.2 Å². The van der Waals surface area contributed by atoms with Crippen LogP contribution in [0.15, 0.2) is 10.6 Å². The van der Waals surface area contributed by atoms with Crippen LogP contribution in [0.1, 0.15) is 107 Å². The van der Waals surface area contributed by atoms with Gasteiger partial charge in [-0.1, -0.05) is 44.2 Å². The highest BCUT2D eigenvalue weighted by atomic mass is 16.5. The second-order valence-electron chi connectivity index (χ2n) is 10.4. The Labute approximate surface area is 165 Å². The van der Waals surface area contributed by atoms with Crippen molar-refractivity contribution >= 4 is 0 Å². The molecule has 150 valence electrons. The van der Waals surface area contributed by atoms with Crippen LogP contribution in [-0.2, 0) is 0 Å². The zero-order valence-electron chi connectivity index (χ0n) is 17.4. The summed E-state index contributed by atoms with van der Waals surface area (Å²) in [5.74, 6) is 5.13. The first-order chi connectivity index (χ1) is 13.2. The van der Waals surface area contributed by atoms with Crippen LogP contribution in [0, 0.1) is 17.8 Å². The summed E-state index contributed by atoms with van der Waals surface area (Å²) in [7, 11) is 2.37. The molecule has 4 atom stereocenters. The molecule has 3 heteroatoms. The summed E-state index contributed by atoms with van der Waals surface area (Å²) in [6, 6.07) is 3.89. The summed E-state index contributed by atoms with van der Waals surface area (Å²) in [4.78, 5) is 2.69. The molecule has 2 saturated heterocycles. The number of fused-ring (bicyclic) bond motifs is 2. The van der Waals surface area contributed by atoms with Gasteiger partial charge in [-0.05, 0) is 69.7 Å². The Morgan fingerprint density at radius 2 is 1.74 bits per heavy atom. The van der Waals surface area contributed by atoms with E-state index in [-0.39, 0.29) is 0 Å². The summed E-state index contributed by atoms with van der Waals surface area (Å²) >= 11 is 0. The van der Waals surface area contributed by atoms with Gasteiger partial charge in [-0.3, -0.25) is 4.90 Å². The second kappa shape index (κ2) is 7.54. The van der Waals surface area contributed by atoms with Gasteiger partial charge in [0.05, 0.1) is 5.69 Å². The molecule has 4 fully saturated rings. The molecule has 4 aliphatic rings. The minimum atomic E-state index is 0.581. The van der Waals surface area contributed by atoms with Crippen molar-refractivity contribution in [1.29, 1.82) is 0 Å². The third kappa shape index (κ3) is 3.39. The van der Waals surface area contributed by atoms with Crippen LogP contribution in [0.25, 0.3) is 0 Å². The van der Waals surface area contributed by atoms with Crippen molar-refractivity contribution in [2.75, 3.05) is 7.05 Å². The number of piperidine rings is 1. The molecule has 2 bridgehead atoms. The van der Waals surface area contributed by atoms with E-state index in [4.69, 9.17) is 4.52 Å². The van der Waals surface area contributed by atoms with E-state index in [1.807, 2.05) is 0 Å². The molecule has 0 radical (unpaired) electrons. The summed E-state index contributed by atoms with van der Waals surface area (Å²) in [6.07, 6.45) is 16.6. The normalized spacial score (nSPS) is 41.1. The Morgan fingerprint density at radius 1 is 0.963 bits per heavy atom. The molecule has 5 rings (SSSR count). The first-order valence-corrected chi connectivity index (χ1v) is 11.9. The smallest absolute Gasteiger partial charge is 0.141 e. The maximum atomic E-state index is 6.12. The number of hydrogen-bond acceptors (Lipinski definition) is 3. The highest BCUT2D eigenvalue weighted by molar-refractivity contribution is 5.20. The zero-order valence-corrected chi connectivity index (χ0v) is 17.4. The molecule has 3 heterocycles. The van der Waals surface area contributed by atoms with E-state index >= 15 is 0 Å². The highest BCUT2D eigenvalue weighted by Crippen LogP contribution is 2.52. The standard InChI is InChI=1S/C24H38N2O/c1-16-8-10-17(11-9-16)20-14-19-12-13-22(26(19)2)24(20)23-15-21(25-27-23)18-6-4-3-5-7-18/h15-20,22,24H,3-14H2,1-2H3/t16?,17?,19?,20-,22?,24?/m1/s1. The van der Waals surface area contributed by atoms with Crippen LogP contribution in [0.2, 0.25) is 0 Å². The van der Waals surface area contributed by atoms with Crippen LogP contribution in [0.4, 0.5) is 0 Å². The first-order valence-electron chi connectivity index (χ1n) is 11.9. The molecular weight excluding hydrogens is 332 g/mol. The molecular formula is C24H38N2O. The molecule has 1 aromatic heterocycles. The third-order valence-corrected chi connectivity index (χ3v) is 8.88. The van der Waals surface area contributed by atoms with E-state index < -0.39 is 0 Å². The van der Waals surface area contributed by atoms with Crippen molar-refractivity contribution in [3.05, 3.63) is 17.5 Å². The lowest BCUT2D eigenvalue weighted by Crippen LogP contribution is -2.47. The molecule has 2 saturated carbocycles. The molecule has 0 N–H and O–H groups in total. The van der Waals surface area contributed by atoms with Crippen molar-refractivity contribution in [1.82, 2.24) is 10.1 Å². The minimum Gasteiger partial charge on any atom is -0.361 e. The predicted molar refractivity (Wildman–Crippen MR) is 109 cm³/mol. The Morgan fingerprint density at radius 3 is 2.52 bits per heavy atom.